The molecule has 0 spiro atoms. The first-order valence-electron chi connectivity index (χ1n) is 7.90. The number of aromatic nitrogens is 1. The Hall–Kier alpha value is -2.60. The zero-order valence-corrected chi connectivity index (χ0v) is 15.3. The first-order valence-corrected chi connectivity index (χ1v) is 8.70. The lowest BCUT2D eigenvalue weighted by Crippen LogP contribution is -2.12. The number of pyridine rings is 1. The van der Waals surface area contributed by atoms with E-state index < -0.39 is 0 Å². The fourth-order valence-electron chi connectivity index (χ4n) is 2.49. The number of hydrogen-bond donors (Lipinski definition) is 2. The Bertz CT molecular complexity index is 899. The van der Waals surface area contributed by atoms with E-state index in [9.17, 15) is 4.79 Å². The van der Waals surface area contributed by atoms with Crippen molar-refractivity contribution in [3.8, 4) is 5.75 Å². The Labute approximate surface area is 154 Å². The van der Waals surface area contributed by atoms with Gasteiger partial charge in [0.15, 0.2) is 0 Å². The molecule has 0 radical (unpaired) electrons. The van der Waals surface area contributed by atoms with Gasteiger partial charge in [-0.25, -0.2) is 0 Å². The number of nitrogens with one attached hydrogen (secondary N) is 2. The molecule has 1 amide bonds. The van der Waals surface area contributed by atoms with Crippen LogP contribution in [0.5, 0.6) is 5.75 Å². The maximum absolute atomic E-state index is 11.1. The van der Waals surface area contributed by atoms with E-state index in [-0.39, 0.29) is 5.91 Å². The van der Waals surface area contributed by atoms with Crippen molar-refractivity contribution in [3.63, 3.8) is 0 Å². The maximum atomic E-state index is 11.1. The molecule has 3 aromatic rings. The van der Waals surface area contributed by atoms with Gasteiger partial charge in [0.25, 0.3) is 0 Å². The van der Waals surface area contributed by atoms with Crippen LogP contribution in [0.15, 0.2) is 59.2 Å². The number of anilines is 2. The molecule has 25 heavy (non-hydrogen) atoms. The Kier molecular flexibility index (Phi) is 5.50. The third-order valence-corrected chi connectivity index (χ3v) is 4.04. The summed E-state index contributed by atoms with van der Waals surface area (Å²) in [5.41, 5.74) is 2.68. The third kappa shape index (κ3) is 4.70. The fraction of sp³-hybridized carbons (Fsp3) is 0.158. The van der Waals surface area contributed by atoms with Crippen molar-refractivity contribution < 1.29 is 9.53 Å². The van der Waals surface area contributed by atoms with Crippen LogP contribution in [0, 0.1) is 0 Å². The van der Waals surface area contributed by atoms with Crippen LogP contribution in [0.3, 0.4) is 0 Å². The summed E-state index contributed by atoms with van der Waals surface area (Å²) in [5, 5.41) is 7.18. The number of carbonyl (C=O) groups excluding carboxylic acids is 1. The molecule has 0 bridgehead atoms. The first kappa shape index (κ1) is 17.2. The van der Waals surface area contributed by atoms with Gasteiger partial charge in [-0.3, -0.25) is 9.78 Å². The predicted molar refractivity (Wildman–Crippen MR) is 104 cm³/mol. The van der Waals surface area contributed by atoms with Crippen LogP contribution in [0.4, 0.5) is 11.4 Å². The van der Waals surface area contributed by atoms with Crippen LogP contribution in [-0.4, -0.2) is 24.0 Å². The number of nitrogens with zero attached hydrogens (tertiary/aromatic N) is 1. The van der Waals surface area contributed by atoms with Crippen molar-refractivity contribution in [2.45, 2.75) is 6.92 Å². The second-order valence-corrected chi connectivity index (χ2v) is 6.42. The van der Waals surface area contributed by atoms with Crippen molar-refractivity contribution in [1.29, 1.82) is 0 Å². The highest BCUT2D eigenvalue weighted by atomic mass is 79.9. The van der Waals surface area contributed by atoms with E-state index in [1.807, 2.05) is 42.5 Å². The summed E-state index contributed by atoms with van der Waals surface area (Å²) in [6.07, 6.45) is 1.79. The molecule has 0 unspecified atom stereocenters. The predicted octanol–water partition coefficient (Wildman–Crippen LogP) is 4.45. The highest BCUT2D eigenvalue weighted by Crippen LogP contribution is 2.25. The van der Waals surface area contributed by atoms with Crippen molar-refractivity contribution in [1.82, 2.24) is 4.98 Å². The van der Waals surface area contributed by atoms with Crippen molar-refractivity contribution in [3.05, 3.63) is 59.2 Å². The number of hydrogen-bond acceptors (Lipinski definition) is 4. The minimum Gasteiger partial charge on any atom is -0.492 e. The van der Waals surface area contributed by atoms with Gasteiger partial charge in [-0.1, -0.05) is 22.0 Å². The number of fused-ring (bicyclic) bond motifs is 1. The Morgan fingerprint density at radius 2 is 2.08 bits per heavy atom. The Balaban J connectivity index is 1.59. The number of carbonyl (C=O) groups is 1. The molecule has 0 aliphatic heterocycles. The molecule has 6 heteroatoms. The Morgan fingerprint density at radius 3 is 2.92 bits per heavy atom. The van der Waals surface area contributed by atoms with Gasteiger partial charge < -0.3 is 15.4 Å². The number of rotatable bonds is 6. The summed E-state index contributed by atoms with van der Waals surface area (Å²) < 4.78 is 6.76. The zero-order valence-electron chi connectivity index (χ0n) is 13.8. The molecule has 2 aromatic carbocycles. The lowest BCUT2D eigenvalue weighted by Gasteiger charge is -2.11. The largest absolute Gasteiger partial charge is 0.492 e. The molecule has 0 fully saturated rings. The minimum atomic E-state index is -0.102. The summed E-state index contributed by atoms with van der Waals surface area (Å²) in [7, 11) is 0. The van der Waals surface area contributed by atoms with Gasteiger partial charge in [0.2, 0.25) is 5.91 Å². The molecule has 1 heterocycles. The van der Waals surface area contributed by atoms with E-state index >= 15 is 0 Å². The Morgan fingerprint density at radius 1 is 1.20 bits per heavy atom. The summed E-state index contributed by atoms with van der Waals surface area (Å²) in [6.45, 7) is 2.63. The number of benzene rings is 2. The van der Waals surface area contributed by atoms with Crippen LogP contribution in [0.2, 0.25) is 0 Å². The number of halogens is 1. The molecule has 128 valence electrons. The van der Waals surface area contributed by atoms with Crippen LogP contribution in [0.1, 0.15) is 6.92 Å². The van der Waals surface area contributed by atoms with E-state index in [2.05, 4.69) is 31.5 Å². The van der Waals surface area contributed by atoms with E-state index in [4.69, 9.17) is 4.74 Å². The van der Waals surface area contributed by atoms with E-state index in [1.54, 1.807) is 12.3 Å². The number of ether oxygens (including phenoxy) is 1. The second-order valence-electron chi connectivity index (χ2n) is 5.50. The van der Waals surface area contributed by atoms with Gasteiger partial charge >= 0.3 is 0 Å². The average molecular weight is 400 g/mol. The zero-order chi connectivity index (χ0) is 17.6. The van der Waals surface area contributed by atoms with Gasteiger partial charge in [0.1, 0.15) is 12.4 Å². The van der Waals surface area contributed by atoms with E-state index in [0.29, 0.717) is 13.2 Å². The summed E-state index contributed by atoms with van der Waals surface area (Å²) in [4.78, 5) is 15.5. The molecule has 0 aliphatic carbocycles. The lowest BCUT2D eigenvalue weighted by atomic mass is 10.2. The topological polar surface area (TPSA) is 63.2 Å². The van der Waals surface area contributed by atoms with Crippen LogP contribution in [0.25, 0.3) is 10.9 Å². The monoisotopic (exact) mass is 399 g/mol. The second kappa shape index (κ2) is 7.98. The normalized spacial score (nSPS) is 10.5. The van der Waals surface area contributed by atoms with Gasteiger partial charge in [0.05, 0.1) is 5.52 Å². The molecular formula is C19H18BrN3O2. The van der Waals surface area contributed by atoms with Crippen molar-refractivity contribution >= 4 is 44.1 Å². The average Bonchev–Trinajstić information content (AvgIpc) is 2.58. The molecule has 2 N–H and O–H groups in total. The number of amides is 1. The first-order chi connectivity index (χ1) is 12.1. The van der Waals surface area contributed by atoms with Gasteiger partial charge in [-0.05, 0) is 36.4 Å². The lowest BCUT2D eigenvalue weighted by molar-refractivity contribution is -0.114. The van der Waals surface area contributed by atoms with Gasteiger partial charge in [-0.15, -0.1) is 0 Å². The molecule has 5 nitrogen and oxygen atoms in total. The molecule has 0 saturated heterocycles. The van der Waals surface area contributed by atoms with Crippen LogP contribution in [-0.2, 0) is 4.79 Å². The standard InChI is InChI=1S/C19H18BrN3O2/c1-13(24)23-15-3-2-4-16(12-15)25-10-9-22-19-7-8-21-18-6-5-14(20)11-17(18)19/h2-8,11-12H,9-10H2,1H3,(H,21,22)(H,23,24). The van der Waals surface area contributed by atoms with Gasteiger partial charge in [0, 0.05) is 47.0 Å². The fourth-order valence-corrected chi connectivity index (χ4v) is 2.86. The van der Waals surface area contributed by atoms with E-state index in [1.165, 1.54) is 6.92 Å². The molecular weight excluding hydrogens is 382 g/mol. The molecule has 0 aliphatic rings. The van der Waals surface area contributed by atoms with E-state index in [0.717, 1.165) is 32.5 Å². The minimum absolute atomic E-state index is 0.102. The summed E-state index contributed by atoms with van der Waals surface area (Å²) in [5.74, 6) is 0.616. The summed E-state index contributed by atoms with van der Waals surface area (Å²) >= 11 is 3.49. The molecule has 1 aromatic heterocycles. The molecule has 0 atom stereocenters. The quantitative estimate of drug-likeness (QED) is 0.601. The molecule has 0 saturated carbocycles. The van der Waals surface area contributed by atoms with Crippen molar-refractivity contribution in [2.24, 2.45) is 0 Å². The maximum Gasteiger partial charge on any atom is 0.221 e. The smallest absolute Gasteiger partial charge is 0.221 e. The van der Waals surface area contributed by atoms with Crippen molar-refractivity contribution in [2.75, 3.05) is 23.8 Å². The highest BCUT2D eigenvalue weighted by Gasteiger charge is 2.03. The van der Waals surface area contributed by atoms with Gasteiger partial charge in [-0.2, -0.15) is 0 Å². The van der Waals surface area contributed by atoms with Crippen LogP contribution >= 0.6 is 15.9 Å². The summed E-state index contributed by atoms with van der Waals surface area (Å²) in [6, 6.07) is 15.3. The SMILES string of the molecule is CC(=O)Nc1cccc(OCCNc2ccnc3ccc(Br)cc23)c1. The van der Waals surface area contributed by atoms with Crippen LogP contribution < -0.4 is 15.4 Å². The third-order valence-electron chi connectivity index (χ3n) is 3.54. The highest BCUT2D eigenvalue weighted by molar-refractivity contribution is 9.10. The molecule has 3 rings (SSSR count).